The van der Waals surface area contributed by atoms with Crippen LogP contribution in [0.15, 0.2) is 10.7 Å². The molecule has 1 aliphatic rings. The Morgan fingerprint density at radius 1 is 1.64 bits per heavy atom. The third kappa shape index (κ3) is 2.34. The molecule has 0 fully saturated rings. The average molecular weight is 228 g/mol. The Balaban J connectivity index is 3.07. The van der Waals surface area contributed by atoms with Gasteiger partial charge in [0, 0.05) is 5.25 Å². The van der Waals surface area contributed by atoms with Crippen LogP contribution in [0.2, 0.25) is 0 Å². The number of hydrogen-bond acceptors (Lipinski definition) is 3. The lowest BCUT2D eigenvalue weighted by Gasteiger charge is -2.24. The molecule has 3 nitrogen and oxygen atoms in total. The number of carboxylic acid groups (broad SMARTS) is 1. The minimum Gasteiger partial charge on any atom is -0.487 e. The number of aliphatic carboxylic acids is 1. The maximum absolute atomic E-state index is 12.2. The van der Waals surface area contributed by atoms with Crippen molar-refractivity contribution in [3.63, 3.8) is 0 Å². The highest BCUT2D eigenvalue weighted by Gasteiger charge is 2.43. The molecule has 1 aliphatic heterocycles. The van der Waals surface area contributed by atoms with Crippen molar-refractivity contribution in [2.24, 2.45) is 0 Å². The largest absolute Gasteiger partial charge is 0.487 e. The van der Waals surface area contributed by atoms with E-state index >= 15 is 0 Å². The van der Waals surface area contributed by atoms with Gasteiger partial charge in [-0.2, -0.15) is 13.2 Å². The van der Waals surface area contributed by atoms with Crippen molar-refractivity contribution >= 4 is 17.7 Å². The van der Waals surface area contributed by atoms with Gasteiger partial charge in [-0.1, -0.05) is 0 Å². The van der Waals surface area contributed by atoms with Crippen molar-refractivity contribution in [2.75, 3.05) is 6.61 Å². The van der Waals surface area contributed by atoms with Crippen LogP contribution in [0, 0.1) is 0 Å². The Kier molecular flexibility index (Phi) is 2.98. The van der Waals surface area contributed by atoms with E-state index in [0.29, 0.717) is 11.8 Å². The smallest absolute Gasteiger partial charge is 0.450 e. The van der Waals surface area contributed by atoms with E-state index in [0.717, 1.165) is 0 Å². The van der Waals surface area contributed by atoms with E-state index in [4.69, 9.17) is 5.11 Å². The summed E-state index contributed by atoms with van der Waals surface area (Å²) in [7, 11) is 0. The van der Waals surface area contributed by atoms with Crippen LogP contribution >= 0.6 is 11.8 Å². The molecule has 80 valence electrons. The number of halogens is 3. The molecule has 1 atom stereocenters. The van der Waals surface area contributed by atoms with E-state index in [1.54, 1.807) is 6.92 Å². The monoisotopic (exact) mass is 228 g/mol. The van der Waals surface area contributed by atoms with Gasteiger partial charge in [0.2, 0.25) is 5.76 Å². The van der Waals surface area contributed by atoms with Gasteiger partial charge in [-0.25, -0.2) is 4.79 Å². The Morgan fingerprint density at radius 3 is 2.64 bits per heavy atom. The summed E-state index contributed by atoms with van der Waals surface area (Å²) in [5, 5.41) is 8.25. The van der Waals surface area contributed by atoms with Gasteiger partial charge in [0.05, 0.1) is 0 Å². The third-order valence-corrected chi connectivity index (χ3v) is 2.57. The first kappa shape index (κ1) is 11.2. The predicted molar refractivity (Wildman–Crippen MR) is 43.7 cm³/mol. The van der Waals surface area contributed by atoms with Crippen LogP contribution < -0.4 is 0 Å². The Bertz CT molecular complexity index is 284. The maximum Gasteiger partial charge on any atom is 0.450 e. The summed E-state index contributed by atoms with van der Waals surface area (Å²) < 4.78 is 41.0. The molecule has 7 heteroatoms. The number of carbonyl (C=O) groups is 1. The highest BCUT2D eigenvalue weighted by molar-refractivity contribution is 8.04. The summed E-state index contributed by atoms with van der Waals surface area (Å²) in [5.74, 6) is -3.00. The van der Waals surface area contributed by atoms with Crippen LogP contribution in [-0.2, 0) is 9.53 Å². The summed E-state index contributed by atoms with van der Waals surface area (Å²) in [5.41, 5.74) is 0. The lowest BCUT2D eigenvalue weighted by molar-refractivity contribution is -0.141. The molecule has 0 aromatic carbocycles. The van der Waals surface area contributed by atoms with E-state index in [-0.39, 0.29) is 11.9 Å². The van der Waals surface area contributed by atoms with Gasteiger partial charge in [0.15, 0.2) is 0 Å². The normalized spacial score (nSPS) is 23.3. The number of carboxylic acids is 1. The summed E-state index contributed by atoms with van der Waals surface area (Å²) in [6.45, 7) is 1.47. The van der Waals surface area contributed by atoms with E-state index in [1.807, 2.05) is 0 Å². The van der Waals surface area contributed by atoms with Gasteiger partial charge in [0.25, 0.3) is 0 Å². The molecule has 0 aliphatic carbocycles. The van der Waals surface area contributed by atoms with Crippen molar-refractivity contribution in [1.82, 2.24) is 0 Å². The Morgan fingerprint density at radius 2 is 2.21 bits per heavy atom. The third-order valence-electron chi connectivity index (χ3n) is 1.44. The van der Waals surface area contributed by atoms with Crippen LogP contribution in [0.25, 0.3) is 0 Å². The number of rotatable bonds is 1. The summed E-state index contributed by atoms with van der Waals surface area (Å²) in [6.07, 6.45) is -4.74. The summed E-state index contributed by atoms with van der Waals surface area (Å²) in [4.78, 5) is 9.73. The van der Waals surface area contributed by atoms with Crippen molar-refractivity contribution in [2.45, 2.75) is 18.3 Å². The van der Waals surface area contributed by atoms with E-state index < -0.39 is 22.8 Å². The summed E-state index contributed by atoms with van der Waals surface area (Å²) >= 11 is 0.665. The number of hydrogen-bond donors (Lipinski definition) is 1. The highest BCUT2D eigenvalue weighted by Crippen LogP contribution is 2.39. The number of allylic oxidation sites excluding steroid dienone is 1. The van der Waals surface area contributed by atoms with Gasteiger partial charge in [0.1, 0.15) is 11.5 Å². The minimum atomic E-state index is -4.74. The van der Waals surface area contributed by atoms with E-state index in [2.05, 4.69) is 4.74 Å². The van der Waals surface area contributed by atoms with Gasteiger partial charge < -0.3 is 9.84 Å². The number of ether oxygens (including phenoxy) is 1. The van der Waals surface area contributed by atoms with Crippen LogP contribution in [0.5, 0.6) is 0 Å². The Hall–Kier alpha value is -0.850. The fourth-order valence-corrected chi connectivity index (χ4v) is 1.83. The topological polar surface area (TPSA) is 46.5 Å². The molecule has 1 unspecified atom stereocenters. The van der Waals surface area contributed by atoms with E-state index in [9.17, 15) is 18.0 Å². The molecule has 0 spiro atoms. The molecule has 1 rings (SSSR count). The highest BCUT2D eigenvalue weighted by atomic mass is 32.2. The van der Waals surface area contributed by atoms with E-state index in [1.165, 1.54) is 0 Å². The van der Waals surface area contributed by atoms with Crippen LogP contribution in [-0.4, -0.2) is 29.1 Å². The van der Waals surface area contributed by atoms with Gasteiger partial charge in [-0.05, 0) is 6.92 Å². The molecule has 0 saturated carbocycles. The second-order valence-electron chi connectivity index (χ2n) is 2.70. The molecule has 0 amide bonds. The first-order chi connectivity index (χ1) is 6.32. The Labute approximate surface area is 81.9 Å². The molecule has 0 saturated heterocycles. The zero-order valence-corrected chi connectivity index (χ0v) is 7.91. The van der Waals surface area contributed by atoms with Gasteiger partial charge in [-0.15, -0.1) is 11.8 Å². The second-order valence-corrected chi connectivity index (χ2v) is 4.15. The van der Waals surface area contributed by atoms with Crippen molar-refractivity contribution in [3.05, 3.63) is 10.7 Å². The first-order valence-corrected chi connectivity index (χ1v) is 4.54. The second kappa shape index (κ2) is 3.72. The molecule has 0 radical (unpaired) electrons. The summed E-state index contributed by atoms with van der Waals surface area (Å²) in [6, 6.07) is 0. The maximum atomic E-state index is 12.2. The molecule has 0 aromatic heterocycles. The molecule has 1 heterocycles. The first-order valence-electron chi connectivity index (χ1n) is 3.66. The molecule has 1 N–H and O–H groups in total. The van der Waals surface area contributed by atoms with Crippen LogP contribution in [0.4, 0.5) is 13.2 Å². The molecular weight excluding hydrogens is 221 g/mol. The van der Waals surface area contributed by atoms with Gasteiger partial charge in [-0.3, -0.25) is 0 Å². The van der Waals surface area contributed by atoms with Crippen LogP contribution in [0.1, 0.15) is 6.92 Å². The van der Waals surface area contributed by atoms with Crippen molar-refractivity contribution in [1.29, 1.82) is 0 Å². The fourth-order valence-electron chi connectivity index (χ4n) is 0.913. The molecule has 0 bridgehead atoms. The van der Waals surface area contributed by atoms with Gasteiger partial charge >= 0.3 is 12.1 Å². The fraction of sp³-hybridized carbons (Fsp3) is 0.571. The predicted octanol–water partition coefficient (Wildman–Crippen LogP) is 2.00. The zero-order valence-electron chi connectivity index (χ0n) is 7.09. The SMILES string of the molecule is CC1COC(C(F)(F)F)=C(C(=O)O)S1. The number of alkyl halides is 3. The average Bonchev–Trinajstić information content (AvgIpc) is 2.01. The molecule has 14 heavy (non-hydrogen) atoms. The van der Waals surface area contributed by atoms with Crippen molar-refractivity contribution < 1.29 is 27.8 Å². The zero-order chi connectivity index (χ0) is 10.9. The minimum absolute atomic E-state index is 0.129. The quantitative estimate of drug-likeness (QED) is 0.745. The lowest BCUT2D eigenvalue weighted by Crippen LogP contribution is -2.26. The standard InChI is InChI=1S/C7H7F3O3S/c1-3-2-13-5(7(8,9)10)4(14-3)6(11)12/h3H,2H2,1H3,(H,11,12). The molecular formula is C7H7F3O3S. The number of thioether (sulfide) groups is 1. The van der Waals surface area contributed by atoms with Crippen LogP contribution in [0.3, 0.4) is 0 Å². The molecule has 0 aromatic rings. The van der Waals surface area contributed by atoms with Crippen molar-refractivity contribution in [3.8, 4) is 0 Å². The lowest BCUT2D eigenvalue weighted by atomic mass is 10.4.